The van der Waals surface area contributed by atoms with Crippen LogP contribution in [-0.2, 0) is 9.31 Å². The van der Waals surface area contributed by atoms with Gasteiger partial charge >= 0.3 is 13.7 Å². The van der Waals surface area contributed by atoms with Gasteiger partial charge in [-0.05, 0) is 57.7 Å². The molecular formula is C16H21BF2O3. The molecule has 0 radical (unpaired) electrons. The monoisotopic (exact) mass is 310 g/mol. The van der Waals surface area contributed by atoms with Crippen LogP contribution in [0.3, 0.4) is 0 Å². The van der Waals surface area contributed by atoms with Crippen LogP contribution in [-0.4, -0.2) is 24.9 Å². The summed E-state index contributed by atoms with van der Waals surface area (Å²) in [6, 6.07) is 6.85. The fourth-order valence-electron chi connectivity index (χ4n) is 2.86. The maximum atomic E-state index is 12.1. The zero-order valence-electron chi connectivity index (χ0n) is 13.3. The zero-order valence-corrected chi connectivity index (χ0v) is 13.3. The minimum absolute atomic E-state index is 0.187. The fraction of sp³-hybridized carbons (Fsp3) is 0.625. The van der Waals surface area contributed by atoms with Crippen LogP contribution in [0.4, 0.5) is 8.78 Å². The summed E-state index contributed by atoms with van der Waals surface area (Å²) in [6.07, 6.45) is 0.992. The second kappa shape index (κ2) is 5.20. The molecule has 120 valence electrons. The first-order chi connectivity index (χ1) is 10.2. The Hall–Kier alpha value is -1.14. The van der Waals surface area contributed by atoms with Crippen LogP contribution in [0, 0.1) is 0 Å². The number of hydrogen-bond donors (Lipinski definition) is 0. The van der Waals surface area contributed by atoms with Gasteiger partial charge in [0.15, 0.2) is 0 Å². The average molecular weight is 310 g/mol. The molecule has 1 aromatic rings. The maximum Gasteiger partial charge on any atom is 0.461 e. The molecule has 0 N–H and O–H groups in total. The van der Waals surface area contributed by atoms with E-state index in [-0.39, 0.29) is 24.1 Å². The van der Waals surface area contributed by atoms with E-state index in [1.54, 1.807) is 12.1 Å². The van der Waals surface area contributed by atoms with Gasteiger partial charge < -0.3 is 14.0 Å². The fourth-order valence-corrected chi connectivity index (χ4v) is 2.86. The number of alkyl halides is 2. The molecule has 0 bridgehead atoms. The Balaban J connectivity index is 1.63. The molecule has 0 unspecified atom stereocenters. The summed E-state index contributed by atoms with van der Waals surface area (Å²) < 4.78 is 40.8. The van der Waals surface area contributed by atoms with Crippen molar-refractivity contribution in [2.24, 2.45) is 0 Å². The van der Waals surface area contributed by atoms with E-state index < -0.39 is 6.61 Å². The van der Waals surface area contributed by atoms with Crippen molar-refractivity contribution in [3.8, 4) is 5.75 Å². The number of rotatable bonds is 4. The van der Waals surface area contributed by atoms with Crippen molar-refractivity contribution >= 4 is 7.12 Å². The standard InChI is InChI=1S/C16H21BF2O3/c1-15(2)16(3,4)22-17(21-15)13-9-12(13)10-5-7-11(8-6-10)20-14(18)19/h5-8,12-14H,9H2,1-4H3/t12-,13-/m1/s1. The van der Waals surface area contributed by atoms with Gasteiger partial charge in [0.05, 0.1) is 11.2 Å². The average Bonchev–Trinajstić information content (AvgIpc) is 3.13. The minimum Gasteiger partial charge on any atom is -0.435 e. The predicted octanol–water partition coefficient (Wildman–Crippen LogP) is 4.24. The van der Waals surface area contributed by atoms with Crippen molar-refractivity contribution < 1.29 is 22.8 Å². The molecule has 1 heterocycles. The number of halogens is 2. The van der Waals surface area contributed by atoms with Crippen LogP contribution in [0.25, 0.3) is 0 Å². The van der Waals surface area contributed by atoms with Crippen molar-refractivity contribution in [1.82, 2.24) is 0 Å². The molecule has 0 amide bonds. The molecule has 0 aromatic heterocycles. The lowest BCUT2D eigenvalue weighted by Gasteiger charge is -2.32. The maximum absolute atomic E-state index is 12.1. The van der Waals surface area contributed by atoms with Gasteiger partial charge in [0.25, 0.3) is 0 Å². The first kappa shape index (κ1) is 15.7. The Morgan fingerprint density at radius 3 is 2.14 bits per heavy atom. The van der Waals surface area contributed by atoms with E-state index in [1.165, 1.54) is 0 Å². The Labute approximate surface area is 130 Å². The predicted molar refractivity (Wildman–Crippen MR) is 80.3 cm³/mol. The van der Waals surface area contributed by atoms with Crippen LogP contribution in [0.5, 0.6) is 5.75 Å². The van der Waals surface area contributed by atoms with Crippen LogP contribution in [0.1, 0.15) is 45.6 Å². The summed E-state index contributed by atoms with van der Waals surface area (Å²) in [5.74, 6) is 0.866. The first-order valence-electron chi connectivity index (χ1n) is 7.60. The van der Waals surface area contributed by atoms with E-state index in [1.807, 2.05) is 39.8 Å². The van der Waals surface area contributed by atoms with Gasteiger partial charge in [-0.25, -0.2) is 0 Å². The second-order valence-corrected chi connectivity index (χ2v) is 7.08. The summed E-state index contributed by atoms with van der Waals surface area (Å²) in [5, 5.41) is 0. The molecule has 2 fully saturated rings. The molecular weight excluding hydrogens is 289 g/mol. The lowest BCUT2D eigenvalue weighted by molar-refractivity contribution is -0.0498. The minimum atomic E-state index is -2.79. The smallest absolute Gasteiger partial charge is 0.435 e. The molecule has 3 rings (SSSR count). The molecule has 2 atom stereocenters. The van der Waals surface area contributed by atoms with Crippen molar-refractivity contribution in [3.63, 3.8) is 0 Å². The molecule has 3 nitrogen and oxygen atoms in total. The third kappa shape index (κ3) is 2.86. The SMILES string of the molecule is CC1(C)OB([C@@H]2C[C@@H]2c2ccc(OC(F)F)cc2)OC1(C)C. The van der Waals surface area contributed by atoms with E-state index >= 15 is 0 Å². The number of benzene rings is 1. The first-order valence-corrected chi connectivity index (χ1v) is 7.60. The van der Waals surface area contributed by atoms with E-state index in [2.05, 4.69) is 4.74 Å². The zero-order chi connectivity index (χ0) is 16.1. The highest BCUT2D eigenvalue weighted by atomic mass is 19.3. The second-order valence-electron chi connectivity index (χ2n) is 7.08. The highest BCUT2D eigenvalue weighted by Gasteiger charge is 2.59. The number of ether oxygens (including phenoxy) is 1. The van der Waals surface area contributed by atoms with E-state index in [9.17, 15) is 8.78 Å². The van der Waals surface area contributed by atoms with Crippen molar-refractivity contribution in [2.45, 2.75) is 63.7 Å². The molecule has 1 saturated carbocycles. The largest absolute Gasteiger partial charge is 0.461 e. The van der Waals surface area contributed by atoms with E-state index in [0.717, 1.165) is 12.0 Å². The summed E-state index contributed by atoms with van der Waals surface area (Å²) in [7, 11) is -0.202. The Bertz CT molecular complexity index is 529. The quantitative estimate of drug-likeness (QED) is 0.779. The van der Waals surface area contributed by atoms with E-state index in [4.69, 9.17) is 9.31 Å². The van der Waals surface area contributed by atoms with Crippen molar-refractivity contribution in [2.75, 3.05) is 0 Å². The van der Waals surface area contributed by atoms with Gasteiger partial charge in [0.2, 0.25) is 0 Å². The van der Waals surface area contributed by atoms with Crippen LogP contribution < -0.4 is 4.74 Å². The van der Waals surface area contributed by atoms with Gasteiger partial charge in [-0.1, -0.05) is 12.1 Å². The van der Waals surface area contributed by atoms with Gasteiger partial charge in [-0.3, -0.25) is 0 Å². The Morgan fingerprint density at radius 2 is 1.64 bits per heavy atom. The normalized spacial score (nSPS) is 29.0. The lowest BCUT2D eigenvalue weighted by atomic mass is 9.79. The highest BCUT2D eigenvalue weighted by molar-refractivity contribution is 6.49. The number of hydrogen-bond acceptors (Lipinski definition) is 3. The molecule has 22 heavy (non-hydrogen) atoms. The van der Waals surface area contributed by atoms with Crippen LogP contribution >= 0.6 is 0 Å². The topological polar surface area (TPSA) is 27.7 Å². The van der Waals surface area contributed by atoms with Crippen molar-refractivity contribution in [3.05, 3.63) is 29.8 Å². The highest BCUT2D eigenvalue weighted by Crippen LogP contribution is 2.58. The third-order valence-electron chi connectivity index (χ3n) is 4.99. The molecule has 0 spiro atoms. The Kier molecular flexibility index (Phi) is 3.72. The molecule has 1 aliphatic heterocycles. The molecule has 1 aliphatic carbocycles. The Morgan fingerprint density at radius 1 is 1.09 bits per heavy atom. The summed E-state index contributed by atoms with van der Waals surface area (Å²) in [4.78, 5) is 0. The van der Waals surface area contributed by atoms with Gasteiger partial charge in [-0.2, -0.15) is 8.78 Å². The molecule has 1 saturated heterocycles. The van der Waals surface area contributed by atoms with E-state index in [0.29, 0.717) is 11.7 Å². The molecule has 2 aliphatic rings. The summed E-state index contributed by atoms with van der Waals surface area (Å²) in [5.41, 5.74) is 0.473. The lowest BCUT2D eigenvalue weighted by Crippen LogP contribution is -2.41. The third-order valence-corrected chi connectivity index (χ3v) is 4.99. The molecule has 1 aromatic carbocycles. The molecule has 6 heteroatoms. The van der Waals surface area contributed by atoms with Crippen LogP contribution in [0.15, 0.2) is 24.3 Å². The van der Waals surface area contributed by atoms with Crippen LogP contribution in [0.2, 0.25) is 5.82 Å². The van der Waals surface area contributed by atoms with Gasteiger partial charge in [0, 0.05) is 5.82 Å². The summed E-state index contributed by atoms with van der Waals surface area (Å²) >= 11 is 0. The summed E-state index contributed by atoms with van der Waals surface area (Å²) in [6.45, 7) is 5.38. The van der Waals surface area contributed by atoms with Gasteiger partial charge in [0.1, 0.15) is 5.75 Å². The van der Waals surface area contributed by atoms with Gasteiger partial charge in [-0.15, -0.1) is 0 Å². The van der Waals surface area contributed by atoms with Crippen molar-refractivity contribution in [1.29, 1.82) is 0 Å².